The van der Waals surface area contributed by atoms with Crippen molar-refractivity contribution in [1.82, 2.24) is 4.37 Å². The minimum absolute atomic E-state index is 0.0295. The second-order valence-electron chi connectivity index (χ2n) is 3.78. The standard InChI is InChI=1S/C12H8F3NO3S/c13-12(14,15)7-1-3-8(4-2-7)19-6-10-9(11(17)18)5-16-20-10/h1-5H,6H2,(H,17,18). The van der Waals surface area contributed by atoms with Crippen LogP contribution < -0.4 is 4.74 Å². The van der Waals surface area contributed by atoms with Crippen molar-refractivity contribution in [2.75, 3.05) is 0 Å². The summed E-state index contributed by atoms with van der Waals surface area (Å²) in [5.41, 5.74) is -0.740. The van der Waals surface area contributed by atoms with Gasteiger partial charge in [-0.25, -0.2) is 4.79 Å². The summed E-state index contributed by atoms with van der Waals surface area (Å²) < 4.78 is 46.1. The van der Waals surface area contributed by atoms with Crippen LogP contribution in [-0.4, -0.2) is 15.4 Å². The van der Waals surface area contributed by atoms with Crippen LogP contribution in [0.25, 0.3) is 0 Å². The van der Waals surface area contributed by atoms with Crippen molar-refractivity contribution in [2.45, 2.75) is 12.8 Å². The van der Waals surface area contributed by atoms with Crippen molar-refractivity contribution in [3.63, 3.8) is 0 Å². The van der Waals surface area contributed by atoms with Crippen LogP contribution in [0.2, 0.25) is 0 Å². The highest BCUT2D eigenvalue weighted by atomic mass is 32.1. The van der Waals surface area contributed by atoms with Crippen LogP contribution in [0.5, 0.6) is 5.75 Å². The first-order chi connectivity index (χ1) is 9.38. The number of alkyl halides is 3. The van der Waals surface area contributed by atoms with Gasteiger partial charge in [0.2, 0.25) is 0 Å². The number of aromatic carboxylic acids is 1. The number of halogens is 3. The van der Waals surface area contributed by atoms with Crippen molar-refractivity contribution in [3.8, 4) is 5.75 Å². The highest BCUT2D eigenvalue weighted by molar-refractivity contribution is 7.06. The topological polar surface area (TPSA) is 59.4 Å². The second kappa shape index (κ2) is 5.49. The molecule has 1 aromatic heterocycles. The summed E-state index contributed by atoms with van der Waals surface area (Å²) in [7, 11) is 0. The van der Waals surface area contributed by atoms with E-state index >= 15 is 0 Å². The van der Waals surface area contributed by atoms with Crippen molar-refractivity contribution in [1.29, 1.82) is 0 Å². The fourth-order valence-electron chi connectivity index (χ4n) is 1.43. The first kappa shape index (κ1) is 14.3. The number of ether oxygens (including phenoxy) is 1. The minimum Gasteiger partial charge on any atom is -0.488 e. The fourth-order valence-corrected chi connectivity index (χ4v) is 2.07. The van der Waals surface area contributed by atoms with E-state index in [-0.39, 0.29) is 17.9 Å². The number of hydrogen-bond acceptors (Lipinski definition) is 4. The molecule has 1 aromatic carbocycles. The van der Waals surface area contributed by atoms with Crippen LogP contribution in [0.15, 0.2) is 30.5 Å². The van der Waals surface area contributed by atoms with Gasteiger partial charge in [0, 0.05) is 0 Å². The molecule has 4 nitrogen and oxygen atoms in total. The molecule has 2 aromatic rings. The molecule has 0 aliphatic heterocycles. The van der Waals surface area contributed by atoms with E-state index in [1.54, 1.807) is 0 Å². The van der Waals surface area contributed by atoms with Crippen molar-refractivity contribution in [3.05, 3.63) is 46.5 Å². The Bertz CT molecular complexity index is 607. The average Bonchev–Trinajstić information content (AvgIpc) is 2.84. The molecule has 0 aliphatic carbocycles. The van der Waals surface area contributed by atoms with Crippen LogP contribution in [0, 0.1) is 0 Å². The van der Waals surface area contributed by atoms with Gasteiger partial charge in [0.15, 0.2) is 0 Å². The lowest BCUT2D eigenvalue weighted by Gasteiger charge is -2.08. The average molecular weight is 303 g/mol. The van der Waals surface area contributed by atoms with Crippen LogP contribution in [0.4, 0.5) is 13.2 Å². The van der Waals surface area contributed by atoms with Gasteiger partial charge in [-0.05, 0) is 35.8 Å². The highest BCUT2D eigenvalue weighted by Gasteiger charge is 2.30. The Kier molecular flexibility index (Phi) is 3.93. The molecule has 0 saturated heterocycles. The second-order valence-corrected chi connectivity index (χ2v) is 4.66. The number of rotatable bonds is 4. The number of carboxylic acid groups (broad SMARTS) is 1. The van der Waals surface area contributed by atoms with Gasteiger partial charge in [-0.15, -0.1) is 0 Å². The molecule has 0 spiro atoms. The highest BCUT2D eigenvalue weighted by Crippen LogP contribution is 2.30. The molecule has 20 heavy (non-hydrogen) atoms. The van der Waals surface area contributed by atoms with Crippen LogP contribution in [0.3, 0.4) is 0 Å². The van der Waals surface area contributed by atoms with Crippen molar-refractivity contribution >= 4 is 17.5 Å². The Morgan fingerprint density at radius 2 is 1.95 bits per heavy atom. The Hall–Kier alpha value is -2.09. The molecule has 0 fully saturated rings. The van der Waals surface area contributed by atoms with Crippen LogP contribution in [-0.2, 0) is 12.8 Å². The van der Waals surface area contributed by atoms with Crippen molar-refractivity contribution in [2.24, 2.45) is 0 Å². The smallest absolute Gasteiger partial charge is 0.416 e. The van der Waals surface area contributed by atoms with Gasteiger partial charge >= 0.3 is 12.1 Å². The van der Waals surface area contributed by atoms with E-state index in [4.69, 9.17) is 9.84 Å². The molecular weight excluding hydrogens is 295 g/mol. The molecule has 0 atom stereocenters. The van der Waals surface area contributed by atoms with Gasteiger partial charge < -0.3 is 9.84 Å². The number of aromatic nitrogens is 1. The maximum absolute atomic E-state index is 12.4. The monoisotopic (exact) mass is 303 g/mol. The summed E-state index contributed by atoms with van der Waals surface area (Å²) >= 11 is 0.969. The van der Waals surface area contributed by atoms with E-state index in [0.29, 0.717) is 4.88 Å². The zero-order chi connectivity index (χ0) is 14.8. The van der Waals surface area contributed by atoms with E-state index in [1.807, 2.05) is 0 Å². The van der Waals surface area contributed by atoms with E-state index in [0.717, 1.165) is 23.7 Å². The lowest BCUT2D eigenvalue weighted by atomic mass is 10.2. The largest absolute Gasteiger partial charge is 0.488 e. The molecule has 106 valence electrons. The molecule has 1 N–H and O–H groups in total. The zero-order valence-corrected chi connectivity index (χ0v) is 10.7. The van der Waals surface area contributed by atoms with E-state index in [9.17, 15) is 18.0 Å². The molecule has 1 heterocycles. The Balaban J connectivity index is 2.04. The van der Waals surface area contributed by atoms with Gasteiger partial charge in [-0.2, -0.15) is 17.5 Å². The first-order valence-electron chi connectivity index (χ1n) is 5.35. The predicted octanol–water partition coefficient (Wildman–Crippen LogP) is 3.44. The molecule has 0 radical (unpaired) electrons. The summed E-state index contributed by atoms with van der Waals surface area (Å²) in [5.74, 6) is -0.896. The molecule has 2 rings (SSSR count). The quantitative estimate of drug-likeness (QED) is 0.940. The lowest BCUT2D eigenvalue weighted by Crippen LogP contribution is -2.05. The Labute approximate surface area is 115 Å². The summed E-state index contributed by atoms with van der Waals surface area (Å²) in [6.07, 6.45) is -3.19. The van der Waals surface area contributed by atoms with E-state index < -0.39 is 17.7 Å². The van der Waals surface area contributed by atoms with Gasteiger partial charge in [0.1, 0.15) is 12.4 Å². The van der Waals surface area contributed by atoms with Gasteiger partial charge in [-0.3, -0.25) is 0 Å². The third kappa shape index (κ3) is 3.27. The van der Waals surface area contributed by atoms with Gasteiger partial charge in [-0.1, -0.05) is 0 Å². The number of benzene rings is 1. The first-order valence-corrected chi connectivity index (χ1v) is 6.12. The molecule has 0 bridgehead atoms. The van der Waals surface area contributed by atoms with Gasteiger partial charge in [0.25, 0.3) is 0 Å². The van der Waals surface area contributed by atoms with E-state index in [1.165, 1.54) is 18.3 Å². The number of hydrogen-bond donors (Lipinski definition) is 1. The normalized spacial score (nSPS) is 11.3. The summed E-state index contributed by atoms with van der Waals surface area (Å²) in [6, 6.07) is 4.18. The van der Waals surface area contributed by atoms with Crippen molar-refractivity contribution < 1.29 is 27.8 Å². The summed E-state index contributed by atoms with van der Waals surface area (Å²) in [5, 5.41) is 8.86. The number of nitrogens with zero attached hydrogens (tertiary/aromatic N) is 1. The number of carbonyl (C=O) groups is 1. The van der Waals surface area contributed by atoms with Crippen LogP contribution in [0.1, 0.15) is 20.8 Å². The Morgan fingerprint density at radius 1 is 1.30 bits per heavy atom. The van der Waals surface area contributed by atoms with Crippen LogP contribution >= 0.6 is 11.5 Å². The third-order valence-corrected chi connectivity index (χ3v) is 3.20. The maximum Gasteiger partial charge on any atom is 0.416 e. The minimum atomic E-state index is -4.40. The lowest BCUT2D eigenvalue weighted by molar-refractivity contribution is -0.137. The molecular formula is C12H8F3NO3S. The number of carboxylic acids is 1. The molecule has 0 aliphatic rings. The predicted molar refractivity (Wildman–Crippen MR) is 64.8 cm³/mol. The molecule has 0 unspecified atom stereocenters. The maximum atomic E-state index is 12.4. The molecule has 0 amide bonds. The third-order valence-electron chi connectivity index (χ3n) is 2.43. The molecule has 8 heteroatoms. The zero-order valence-electron chi connectivity index (χ0n) is 9.85. The summed E-state index contributed by atoms with van der Waals surface area (Å²) in [6.45, 7) is -0.0579. The van der Waals surface area contributed by atoms with Gasteiger partial charge in [0.05, 0.1) is 22.2 Å². The Morgan fingerprint density at radius 3 is 2.50 bits per heavy atom. The fraction of sp³-hybridized carbons (Fsp3) is 0.167. The summed E-state index contributed by atoms with van der Waals surface area (Å²) in [4.78, 5) is 11.2. The van der Waals surface area contributed by atoms with E-state index in [2.05, 4.69) is 4.37 Å². The SMILES string of the molecule is O=C(O)c1cnsc1COc1ccc(C(F)(F)F)cc1. The molecule has 0 saturated carbocycles.